The Kier molecular flexibility index (Phi) is 11.4. The number of alkyl halides is 3. The summed E-state index contributed by atoms with van der Waals surface area (Å²) in [6.45, 7) is 7.64. The summed E-state index contributed by atoms with van der Waals surface area (Å²) in [4.78, 5) is 35.8. The van der Waals surface area contributed by atoms with Gasteiger partial charge in [-0.25, -0.2) is 0 Å². The molecule has 0 saturated heterocycles. The topological polar surface area (TPSA) is 67.7 Å². The Hall–Kier alpha value is -4.44. The first-order valence-corrected chi connectivity index (χ1v) is 16.6. The largest absolute Gasteiger partial charge is 0.497 e. The van der Waals surface area contributed by atoms with Crippen molar-refractivity contribution in [3.8, 4) is 16.9 Å². The van der Waals surface area contributed by atoms with Gasteiger partial charge in [-0.3, -0.25) is 9.59 Å². The van der Waals surface area contributed by atoms with E-state index in [9.17, 15) is 22.8 Å². The predicted molar refractivity (Wildman–Crippen MR) is 181 cm³/mol. The number of rotatable bonds is 14. The summed E-state index contributed by atoms with van der Waals surface area (Å²) in [7, 11) is 1.63. The van der Waals surface area contributed by atoms with Crippen LogP contribution in [0.1, 0.15) is 54.0 Å². The Morgan fingerprint density at radius 3 is 2.08 bits per heavy atom. The highest BCUT2D eigenvalue weighted by molar-refractivity contribution is 5.76. The van der Waals surface area contributed by atoms with E-state index in [4.69, 9.17) is 4.74 Å². The van der Waals surface area contributed by atoms with Crippen molar-refractivity contribution in [3.05, 3.63) is 117 Å². The highest BCUT2D eigenvalue weighted by Gasteiger charge is 2.30. The van der Waals surface area contributed by atoms with Gasteiger partial charge < -0.3 is 19.1 Å². The van der Waals surface area contributed by atoms with Crippen molar-refractivity contribution in [2.75, 3.05) is 33.3 Å². The Labute approximate surface area is 280 Å². The van der Waals surface area contributed by atoms with E-state index in [2.05, 4.69) is 23.7 Å². The van der Waals surface area contributed by atoms with Gasteiger partial charge in [0.2, 0.25) is 5.91 Å². The molecule has 1 aliphatic rings. The number of amides is 1. The number of hydrogen-bond donors (Lipinski definition) is 0. The van der Waals surface area contributed by atoms with E-state index in [-0.39, 0.29) is 18.0 Å². The quantitative estimate of drug-likeness (QED) is 0.153. The molecular formula is C38H43F3N4O3. The zero-order chi connectivity index (χ0) is 34.3. The van der Waals surface area contributed by atoms with E-state index in [0.29, 0.717) is 55.8 Å². The fourth-order valence-electron chi connectivity index (χ4n) is 6.29. The summed E-state index contributed by atoms with van der Waals surface area (Å²) >= 11 is 0. The lowest BCUT2D eigenvalue weighted by Crippen LogP contribution is -2.40. The number of ether oxygens (including phenoxy) is 1. The number of methoxy groups -OCH3 is 1. The van der Waals surface area contributed by atoms with Crippen LogP contribution in [0.3, 0.4) is 0 Å². The maximum Gasteiger partial charge on any atom is 0.416 e. The first kappa shape index (κ1) is 34.9. The molecule has 1 heterocycles. The molecule has 0 aliphatic heterocycles. The minimum atomic E-state index is -4.38. The Balaban J connectivity index is 1.37. The first-order valence-electron chi connectivity index (χ1n) is 16.6. The molecule has 254 valence electrons. The number of fused-ring (bicyclic) bond motifs is 1. The third kappa shape index (κ3) is 8.52. The summed E-state index contributed by atoms with van der Waals surface area (Å²) in [6.07, 6.45) is -0.926. The summed E-state index contributed by atoms with van der Waals surface area (Å²) < 4.78 is 46.4. The van der Waals surface area contributed by atoms with Gasteiger partial charge in [-0.15, -0.1) is 0 Å². The van der Waals surface area contributed by atoms with Crippen molar-refractivity contribution in [2.24, 2.45) is 0 Å². The number of aryl methyl sites for hydroxylation is 2. The standard InChI is InChI=1S/C38H43F3N4O3/c1-4-43(5-2)23-24-44(25-28-9-14-29(15-10-28)30-16-18-31(19-17-30)38(39,40)41)36(46)26-45-34-8-6-7-33(34)37(47)42-35(45)22-13-27-11-20-32(48-3)21-12-27/h9-12,14-21H,4-8,13,22-26H2,1-3H3. The highest BCUT2D eigenvalue weighted by Crippen LogP contribution is 2.31. The van der Waals surface area contributed by atoms with Gasteiger partial charge in [-0.1, -0.05) is 62.4 Å². The van der Waals surface area contributed by atoms with Crippen LogP contribution in [0.2, 0.25) is 0 Å². The zero-order valence-electron chi connectivity index (χ0n) is 27.9. The molecule has 7 nitrogen and oxygen atoms in total. The molecule has 0 atom stereocenters. The Morgan fingerprint density at radius 1 is 0.854 bits per heavy atom. The second-order valence-electron chi connectivity index (χ2n) is 12.2. The predicted octanol–water partition coefficient (Wildman–Crippen LogP) is 6.58. The third-order valence-electron chi connectivity index (χ3n) is 9.21. The monoisotopic (exact) mass is 660 g/mol. The van der Waals surface area contributed by atoms with Crippen molar-refractivity contribution in [1.82, 2.24) is 19.4 Å². The molecule has 4 aromatic rings. The average molecular weight is 661 g/mol. The number of likely N-dealkylation sites (N-methyl/N-ethyl adjacent to an activating group) is 1. The second-order valence-corrected chi connectivity index (χ2v) is 12.2. The molecule has 1 amide bonds. The number of hydrogen-bond acceptors (Lipinski definition) is 5. The SMILES string of the molecule is CCN(CC)CCN(Cc1ccc(-c2ccc(C(F)(F)F)cc2)cc1)C(=O)Cn1c(CCc2ccc(OC)cc2)nc(=O)c2c1CCC2. The van der Waals surface area contributed by atoms with Gasteiger partial charge in [0, 0.05) is 37.3 Å². The van der Waals surface area contributed by atoms with Crippen LogP contribution in [0.15, 0.2) is 77.6 Å². The molecule has 1 aromatic heterocycles. The summed E-state index contributed by atoms with van der Waals surface area (Å²) in [5.74, 6) is 1.34. The van der Waals surface area contributed by atoms with Crippen molar-refractivity contribution in [2.45, 2.75) is 65.2 Å². The summed E-state index contributed by atoms with van der Waals surface area (Å²) in [5, 5.41) is 0. The number of benzene rings is 3. The number of aromatic nitrogens is 2. The molecule has 0 N–H and O–H groups in total. The normalized spacial score (nSPS) is 12.7. The molecular weight excluding hydrogens is 617 g/mol. The lowest BCUT2D eigenvalue weighted by molar-refractivity contribution is -0.137. The molecule has 1 aliphatic carbocycles. The van der Waals surface area contributed by atoms with Gasteiger partial charge in [0.25, 0.3) is 5.56 Å². The molecule has 0 bridgehead atoms. The van der Waals surface area contributed by atoms with E-state index < -0.39 is 11.7 Å². The van der Waals surface area contributed by atoms with Crippen LogP contribution in [-0.2, 0) is 49.7 Å². The number of halogens is 3. The molecule has 0 radical (unpaired) electrons. The highest BCUT2D eigenvalue weighted by atomic mass is 19.4. The smallest absolute Gasteiger partial charge is 0.416 e. The van der Waals surface area contributed by atoms with E-state index in [1.807, 2.05) is 58.0 Å². The molecule has 48 heavy (non-hydrogen) atoms. The number of carbonyl (C=O) groups is 1. The van der Waals surface area contributed by atoms with Crippen LogP contribution >= 0.6 is 0 Å². The lowest BCUT2D eigenvalue weighted by atomic mass is 10.0. The zero-order valence-corrected chi connectivity index (χ0v) is 27.9. The maximum atomic E-state index is 14.2. The van der Waals surface area contributed by atoms with Crippen LogP contribution in [0.4, 0.5) is 13.2 Å². The van der Waals surface area contributed by atoms with Crippen molar-refractivity contribution in [1.29, 1.82) is 0 Å². The molecule has 5 rings (SSSR count). The maximum absolute atomic E-state index is 14.2. The van der Waals surface area contributed by atoms with Gasteiger partial charge in [0.05, 0.1) is 12.7 Å². The first-order chi connectivity index (χ1) is 23.1. The molecule has 0 spiro atoms. The minimum Gasteiger partial charge on any atom is -0.497 e. The van der Waals surface area contributed by atoms with Crippen LogP contribution in [-0.4, -0.2) is 58.5 Å². The van der Waals surface area contributed by atoms with Gasteiger partial charge in [0.15, 0.2) is 0 Å². The average Bonchev–Trinajstić information content (AvgIpc) is 3.60. The van der Waals surface area contributed by atoms with Gasteiger partial charge in [-0.05, 0) is 85.3 Å². The van der Waals surface area contributed by atoms with Gasteiger partial charge >= 0.3 is 6.18 Å². The van der Waals surface area contributed by atoms with Crippen LogP contribution < -0.4 is 10.3 Å². The van der Waals surface area contributed by atoms with Crippen LogP contribution in [0.25, 0.3) is 11.1 Å². The van der Waals surface area contributed by atoms with Crippen LogP contribution in [0.5, 0.6) is 5.75 Å². The molecule has 0 saturated carbocycles. The van der Waals surface area contributed by atoms with E-state index in [1.54, 1.807) is 7.11 Å². The fourth-order valence-corrected chi connectivity index (χ4v) is 6.29. The molecule has 0 fully saturated rings. The van der Waals surface area contributed by atoms with Gasteiger partial charge in [0.1, 0.15) is 18.1 Å². The van der Waals surface area contributed by atoms with Crippen molar-refractivity contribution < 1.29 is 22.7 Å². The molecule has 10 heteroatoms. The number of carbonyl (C=O) groups excluding carboxylic acids is 1. The number of nitrogens with zero attached hydrogens (tertiary/aromatic N) is 4. The molecule has 0 unspecified atom stereocenters. The van der Waals surface area contributed by atoms with Gasteiger partial charge in [-0.2, -0.15) is 18.2 Å². The summed E-state index contributed by atoms with van der Waals surface area (Å²) in [5.41, 5.74) is 4.24. The Morgan fingerprint density at radius 2 is 1.48 bits per heavy atom. The lowest BCUT2D eigenvalue weighted by Gasteiger charge is -2.28. The van der Waals surface area contributed by atoms with E-state index in [1.165, 1.54) is 12.1 Å². The fraction of sp³-hybridized carbons (Fsp3) is 0.395. The van der Waals surface area contributed by atoms with Crippen molar-refractivity contribution in [3.63, 3.8) is 0 Å². The Bertz CT molecular complexity index is 1730. The molecule has 3 aromatic carbocycles. The van der Waals surface area contributed by atoms with E-state index in [0.717, 1.165) is 66.2 Å². The van der Waals surface area contributed by atoms with Crippen molar-refractivity contribution >= 4 is 5.91 Å². The second kappa shape index (κ2) is 15.6. The van der Waals surface area contributed by atoms with Crippen LogP contribution in [0, 0.1) is 0 Å². The van der Waals surface area contributed by atoms with E-state index >= 15 is 0 Å². The minimum absolute atomic E-state index is 0.0563. The summed E-state index contributed by atoms with van der Waals surface area (Å²) in [6, 6.07) is 20.5. The third-order valence-corrected chi connectivity index (χ3v) is 9.21.